The van der Waals surface area contributed by atoms with E-state index in [1.54, 1.807) is 0 Å². The Bertz CT molecular complexity index is 522. The molecular weight excluding hydrogens is 344 g/mol. The summed E-state index contributed by atoms with van der Waals surface area (Å²) in [7, 11) is 0. The van der Waals surface area contributed by atoms with Crippen molar-refractivity contribution in [1.29, 1.82) is 0 Å². The Morgan fingerprint density at radius 2 is 1.63 bits per heavy atom. The number of aliphatic hydroxyl groups excluding tert-OH is 2. The highest BCUT2D eigenvalue weighted by Crippen LogP contribution is 2.24. The van der Waals surface area contributed by atoms with Crippen LogP contribution in [0, 0.1) is 0 Å². The summed E-state index contributed by atoms with van der Waals surface area (Å²) in [5, 5.41) is 19.1. The van der Waals surface area contributed by atoms with Gasteiger partial charge in [0.2, 0.25) is 0 Å². The van der Waals surface area contributed by atoms with Gasteiger partial charge in [-0.1, -0.05) is 32.9 Å². The lowest BCUT2D eigenvalue weighted by Gasteiger charge is -2.35. The van der Waals surface area contributed by atoms with E-state index in [4.69, 9.17) is 14.6 Å². The molecule has 2 rings (SSSR count). The molecule has 0 spiro atoms. The van der Waals surface area contributed by atoms with Crippen LogP contribution in [-0.2, 0) is 10.2 Å². The van der Waals surface area contributed by atoms with E-state index in [9.17, 15) is 5.11 Å². The number of β-amino-alcohol motifs (C(OH)–C–C–N with tert-alkyl or cyclic N) is 2. The van der Waals surface area contributed by atoms with Gasteiger partial charge in [0.05, 0.1) is 25.9 Å². The molecule has 6 nitrogen and oxygen atoms in total. The average Bonchev–Trinajstić information content (AvgIpc) is 2.63. The molecule has 2 N–H and O–H groups in total. The third kappa shape index (κ3) is 8.15. The Labute approximate surface area is 163 Å². The molecule has 0 aromatic heterocycles. The normalized spacial score (nSPS) is 17.8. The molecular formula is C21H36N2O4. The Morgan fingerprint density at radius 3 is 2.22 bits per heavy atom. The first-order valence-corrected chi connectivity index (χ1v) is 9.93. The summed E-state index contributed by atoms with van der Waals surface area (Å²) >= 11 is 0. The molecule has 1 atom stereocenters. The molecule has 1 fully saturated rings. The fourth-order valence-corrected chi connectivity index (χ4v) is 3.18. The predicted molar refractivity (Wildman–Crippen MR) is 107 cm³/mol. The maximum absolute atomic E-state index is 10.1. The third-order valence-electron chi connectivity index (χ3n) is 4.88. The summed E-state index contributed by atoms with van der Waals surface area (Å²) in [6.45, 7) is 13.1. The van der Waals surface area contributed by atoms with Crippen LogP contribution < -0.4 is 4.74 Å². The molecule has 0 saturated carbocycles. The zero-order chi connectivity index (χ0) is 19.7. The van der Waals surface area contributed by atoms with Crippen molar-refractivity contribution in [2.45, 2.75) is 32.3 Å². The minimum atomic E-state index is -0.486. The largest absolute Gasteiger partial charge is 0.491 e. The monoisotopic (exact) mass is 380 g/mol. The van der Waals surface area contributed by atoms with E-state index in [1.165, 1.54) is 5.56 Å². The maximum atomic E-state index is 10.1. The first-order valence-electron chi connectivity index (χ1n) is 9.93. The number of piperazine rings is 1. The number of hydrogen-bond acceptors (Lipinski definition) is 6. The number of benzene rings is 1. The Kier molecular flexibility index (Phi) is 8.99. The van der Waals surface area contributed by atoms with Gasteiger partial charge in [-0.15, -0.1) is 0 Å². The van der Waals surface area contributed by atoms with E-state index in [0.29, 0.717) is 26.4 Å². The van der Waals surface area contributed by atoms with Crippen LogP contribution in [0.3, 0.4) is 0 Å². The Morgan fingerprint density at radius 1 is 1.00 bits per heavy atom. The van der Waals surface area contributed by atoms with Gasteiger partial charge in [-0.25, -0.2) is 0 Å². The minimum absolute atomic E-state index is 0.142. The summed E-state index contributed by atoms with van der Waals surface area (Å²) < 4.78 is 11.2. The molecule has 1 aromatic rings. The van der Waals surface area contributed by atoms with Gasteiger partial charge >= 0.3 is 0 Å². The standard InChI is InChI=1S/C21H36N2O4/c1-21(2,3)18-4-6-20(7-5-18)27-15-14-26-17-19(25)16-23-10-8-22(9-11-23)12-13-24/h4-7,19,24-25H,8-17H2,1-3H3/t19-/m1/s1. The van der Waals surface area contributed by atoms with Gasteiger partial charge < -0.3 is 19.7 Å². The molecule has 1 aliphatic rings. The second-order valence-electron chi connectivity index (χ2n) is 8.22. The van der Waals surface area contributed by atoms with Crippen molar-refractivity contribution in [3.8, 4) is 5.75 Å². The lowest BCUT2D eigenvalue weighted by Crippen LogP contribution is -2.49. The van der Waals surface area contributed by atoms with Crippen molar-refractivity contribution in [3.05, 3.63) is 29.8 Å². The molecule has 1 saturated heterocycles. The van der Waals surface area contributed by atoms with Crippen molar-refractivity contribution in [2.24, 2.45) is 0 Å². The number of nitrogens with zero attached hydrogens (tertiary/aromatic N) is 2. The van der Waals surface area contributed by atoms with E-state index in [-0.39, 0.29) is 12.0 Å². The molecule has 27 heavy (non-hydrogen) atoms. The summed E-state index contributed by atoms with van der Waals surface area (Å²) in [6, 6.07) is 8.18. The molecule has 0 aliphatic carbocycles. The van der Waals surface area contributed by atoms with Crippen LogP contribution in [-0.4, -0.2) is 91.8 Å². The second-order valence-corrected chi connectivity index (χ2v) is 8.22. The topological polar surface area (TPSA) is 65.4 Å². The van der Waals surface area contributed by atoms with Gasteiger partial charge in [-0.05, 0) is 23.1 Å². The van der Waals surface area contributed by atoms with Crippen LogP contribution in [0.1, 0.15) is 26.3 Å². The number of rotatable bonds is 10. The number of hydrogen-bond donors (Lipinski definition) is 2. The van der Waals surface area contributed by atoms with E-state index in [2.05, 4.69) is 42.7 Å². The van der Waals surface area contributed by atoms with Crippen molar-refractivity contribution >= 4 is 0 Å². The van der Waals surface area contributed by atoms with E-state index in [1.807, 2.05) is 12.1 Å². The summed E-state index contributed by atoms with van der Waals surface area (Å²) in [6.07, 6.45) is -0.486. The molecule has 6 heteroatoms. The Hall–Kier alpha value is -1.18. The van der Waals surface area contributed by atoms with Crippen molar-refractivity contribution in [1.82, 2.24) is 9.80 Å². The van der Waals surface area contributed by atoms with E-state index >= 15 is 0 Å². The first kappa shape index (κ1) is 22.1. The van der Waals surface area contributed by atoms with Crippen LogP contribution in [0.25, 0.3) is 0 Å². The molecule has 1 aromatic carbocycles. The zero-order valence-electron chi connectivity index (χ0n) is 17.1. The SMILES string of the molecule is CC(C)(C)c1ccc(OCCOC[C@H](O)CN2CCN(CCO)CC2)cc1. The highest BCUT2D eigenvalue weighted by Gasteiger charge is 2.18. The van der Waals surface area contributed by atoms with Gasteiger partial charge in [0.25, 0.3) is 0 Å². The molecule has 0 unspecified atom stereocenters. The van der Waals surface area contributed by atoms with Crippen molar-refractivity contribution < 1.29 is 19.7 Å². The first-order chi connectivity index (χ1) is 12.9. The molecule has 0 amide bonds. The van der Waals surface area contributed by atoms with Crippen molar-refractivity contribution in [3.63, 3.8) is 0 Å². The second kappa shape index (κ2) is 11.0. The quantitative estimate of drug-likeness (QED) is 0.598. The van der Waals surface area contributed by atoms with Crippen LogP contribution >= 0.6 is 0 Å². The van der Waals surface area contributed by atoms with Gasteiger partial charge in [0, 0.05) is 39.3 Å². The van der Waals surface area contributed by atoms with Crippen molar-refractivity contribution in [2.75, 3.05) is 65.7 Å². The van der Waals surface area contributed by atoms with Crippen LogP contribution in [0.5, 0.6) is 5.75 Å². The fraction of sp³-hybridized carbons (Fsp3) is 0.714. The molecule has 1 aliphatic heterocycles. The molecule has 0 radical (unpaired) electrons. The highest BCUT2D eigenvalue weighted by atomic mass is 16.5. The lowest BCUT2D eigenvalue weighted by atomic mass is 9.87. The van der Waals surface area contributed by atoms with Gasteiger partial charge in [-0.2, -0.15) is 0 Å². The van der Waals surface area contributed by atoms with Crippen LogP contribution in [0.15, 0.2) is 24.3 Å². The molecule has 154 valence electrons. The summed E-state index contributed by atoms with van der Waals surface area (Å²) in [5.41, 5.74) is 1.43. The lowest BCUT2D eigenvalue weighted by molar-refractivity contribution is -0.000764. The maximum Gasteiger partial charge on any atom is 0.119 e. The van der Waals surface area contributed by atoms with E-state index in [0.717, 1.165) is 38.5 Å². The fourth-order valence-electron chi connectivity index (χ4n) is 3.18. The number of ether oxygens (including phenoxy) is 2. The minimum Gasteiger partial charge on any atom is -0.491 e. The third-order valence-corrected chi connectivity index (χ3v) is 4.88. The Balaban J connectivity index is 1.55. The van der Waals surface area contributed by atoms with Gasteiger partial charge in [0.1, 0.15) is 12.4 Å². The highest BCUT2D eigenvalue weighted by molar-refractivity contribution is 5.31. The average molecular weight is 381 g/mol. The van der Waals surface area contributed by atoms with E-state index < -0.39 is 6.10 Å². The number of aliphatic hydroxyl groups is 2. The van der Waals surface area contributed by atoms with Gasteiger partial charge in [-0.3, -0.25) is 9.80 Å². The molecule has 0 bridgehead atoms. The summed E-state index contributed by atoms with van der Waals surface area (Å²) in [5.74, 6) is 0.841. The van der Waals surface area contributed by atoms with Crippen LogP contribution in [0.2, 0.25) is 0 Å². The molecule has 1 heterocycles. The van der Waals surface area contributed by atoms with Crippen LogP contribution in [0.4, 0.5) is 0 Å². The summed E-state index contributed by atoms with van der Waals surface area (Å²) in [4.78, 5) is 4.49. The van der Waals surface area contributed by atoms with Gasteiger partial charge in [0.15, 0.2) is 0 Å². The predicted octanol–water partition coefficient (Wildman–Crippen LogP) is 1.35. The zero-order valence-corrected chi connectivity index (χ0v) is 17.1. The smallest absolute Gasteiger partial charge is 0.119 e.